The van der Waals surface area contributed by atoms with Gasteiger partial charge in [0, 0.05) is 5.69 Å². The minimum atomic E-state index is -0.300. The molecule has 4 heteroatoms. The third kappa shape index (κ3) is 5.42. The Kier molecular flexibility index (Phi) is 7.35. The van der Waals surface area contributed by atoms with Gasteiger partial charge < -0.3 is 10.1 Å². The van der Waals surface area contributed by atoms with E-state index in [1.807, 2.05) is 24.3 Å². The quantitative estimate of drug-likeness (QED) is 0.437. The molecule has 1 aromatic carbocycles. The van der Waals surface area contributed by atoms with E-state index >= 15 is 0 Å². The summed E-state index contributed by atoms with van der Waals surface area (Å²) >= 11 is 0. The third-order valence-corrected chi connectivity index (χ3v) is 4.28. The van der Waals surface area contributed by atoms with Crippen LogP contribution >= 0.6 is 0 Å². The number of nitrogens with zero attached hydrogens (tertiary/aromatic N) is 1. The van der Waals surface area contributed by atoms with Crippen LogP contribution < -0.4 is 10.1 Å². The molecule has 4 nitrogen and oxygen atoms in total. The van der Waals surface area contributed by atoms with E-state index in [1.165, 1.54) is 19.3 Å². The van der Waals surface area contributed by atoms with E-state index in [1.54, 1.807) is 0 Å². The Hall–Kier alpha value is -2.28. The van der Waals surface area contributed by atoms with Crippen LogP contribution in [0, 0.1) is 11.3 Å². The van der Waals surface area contributed by atoms with Crippen molar-refractivity contribution in [1.29, 1.82) is 5.26 Å². The van der Waals surface area contributed by atoms with Crippen LogP contribution in [0.2, 0.25) is 0 Å². The lowest BCUT2D eigenvalue weighted by Gasteiger charge is -2.15. The zero-order valence-electron chi connectivity index (χ0n) is 14.4. The number of hydrogen-bond acceptors (Lipinski definition) is 3. The Morgan fingerprint density at radius 2 is 1.88 bits per heavy atom. The van der Waals surface area contributed by atoms with Crippen molar-refractivity contribution in [3.05, 3.63) is 35.4 Å². The first-order valence-electron chi connectivity index (χ1n) is 8.91. The van der Waals surface area contributed by atoms with Gasteiger partial charge in [-0.15, -0.1) is 0 Å². The largest absolute Gasteiger partial charge is 0.494 e. The zero-order valence-corrected chi connectivity index (χ0v) is 14.4. The number of carbonyl (C=O) groups is 1. The van der Waals surface area contributed by atoms with Crippen molar-refractivity contribution in [2.45, 2.75) is 58.3 Å². The molecule has 0 spiro atoms. The molecule has 128 valence electrons. The fourth-order valence-electron chi connectivity index (χ4n) is 2.89. The van der Waals surface area contributed by atoms with E-state index in [-0.39, 0.29) is 11.5 Å². The second kappa shape index (κ2) is 9.77. The van der Waals surface area contributed by atoms with Gasteiger partial charge >= 0.3 is 0 Å². The normalized spacial score (nSPS) is 13.9. The van der Waals surface area contributed by atoms with Gasteiger partial charge in [0.1, 0.15) is 17.4 Å². The van der Waals surface area contributed by atoms with Crippen LogP contribution in [0.5, 0.6) is 5.75 Å². The molecule has 1 N–H and O–H groups in total. The van der Waals surface area contributed by atoms with Gasteiger partial charge in [-0.05, 0) is 61.9 Å². The topological polar surface area (TPSA) is 62.1 Å². The summed E-state index contributed by atoms with van der Waals surface area (Å²) in [5, 5.41) is 12.1. The van der Waals surface area contributed by atoms with Crippen molar-refractivity contribution >= 4 is 11.6 Å². The summed E-state index contributed by atoms with van der Waals surface area (Å²) in [6.45, 7) is 2.87. The smallest absolute Gasteiger partial charge is 0.266 e. The molecule has 0 bridgehead atoms. The number of amides is 1. The van der Waals surface area contributed by atoms with Crippen LogP contribution in [0.4, 0.5) is 5.69 Å². The SMILES string of the molecule is CCCCCOc1ccc(NC(=O)C(C#N)=C2CCCCC2)cc1. The van der Waals surface area contributed by atoms with E-state index in [0.29, 0.717) is 12.3 Å². The zero-order chi connectivity index (χ0) is 17.2. The van der Waals surface area contributed by atoms with Gasteiger partial charge in [0.25, 0.3) is 5.91 Å². The third-order valence-electron chi connectivity index (χ3n) is 4.28. The van der Waals surface area contributed by atoms with Gasteiger partial charge in [0.2, 0.25) is 0 Å². The summed E-state index contributed by atoms with van der Waals surface area (Å²) in [4.78, 5) is 12.3. The van der Waals surface area contributed by atoms with Crippen molar-refractivity contribution in [2.75, 3.05) is 11.9 Å². The van der Waals surface area contributed by atoms with Crippen LogP contribution in [0.1, 0.15) is 58.3 Å². The highest BCUT2D eigenvalue weighted by molar-refractivity contribution is 6.07. The van der Waals surface area contributed by atoms with Gasteiger partial charge in [0.05, 0.1) is 6.61 Å². The number of carbonyl (C=O) groups excluding carboxylic acids is 1. The Morgan fingerprint density at radius 1 is 1.17 bits per heavy atom. The summed E-state index contributed by atoms with van der Waals surface area (Å²) < 4.78 is 5.66. The van der Waals surface area contributed by atoms with Crippen molar-refractivity contribution in [3.8, 4) is 11.8 Å². The van der Waals surface area contributed by atoms with Gasteiger partial charge in [-0.2, -0.15) is 5.26 Å². The summed E-state index contributed by atoms with van der Waals surface area (Å²) in [5.41, 5.74) is 1.97. The molecule has 0 radical (unpaired) electrons. The van der Waals surface area contributed by atoms with Crippen molar-refractivity contribution in [3.63, 3.8) is 0 Å². The maximum Gasteiger partial charge on any atom is 0.266 e. The molecule has 0 aromatic heterocycles. The maximum absolute atomic E-state index is 12.3. The van der Waals surface area contributed by atoms with Gasteiger partial charge in [-0.1, -0.05) is 26.2 Å². The monoisotopic (exact) mass is 326 g/mol. The predicted molar refractivity (Wildman–Crippen MR) is 95.8 cm³/mol. The number of benzene rings is 1. The molecule has 0 aliphatic heterocycles. The van der Waals surface area contributed by atoms with Crippen LogP contribution in [0.25, 0.3) is 0 Å². The number of rotatable bonds is 7. The fraction of sp³-hybridized carbons (Fsp3) is 0.500. The van der Waals surface area contributed by atoms with E-state index < -0.39 is 0 Å². The number of unbranched alkanes of at least 4 members (excludes halogenated alkanes) is 2. The van der Waals surface area contributed by atoms with E-state index in [0.717, 1.165) is 43.4 Å². The summed E-state index contributed by atoms with van der Waals surface area (Å²) in [7, 11) is 0. The Balaban J connectivity index is 1.92. The number of anilines is 1. The first-order valence-corrected chi connectivity index (χ1v) is 8.91. The molecule has 2 rings (SSSR count). The minimum absolute atomic E-state index is 0.287. The Morgan fingerprint density at radius 3 is 2.50 bits per heavy atom. The molecule has 0 heterocycles. The van der Waals surface area contributed by atoms with E-state index in [9.17, 15) is 10.1 Å². The average Bonchev–Trinajstić information content (AvgIpc) is 2.62. The second-order valence-corrected chi connectivity index (χ2v) is 6.19. The van der Waals surface area contributed by atoms with Gasteiger partial charge in [-0.25, -0.2) is 0 Å². The van der Waals surface area contributed by atoms with E-state index in [4.69, 9.17) is 4.74 Å². The summed E-state index contributed by atoms with van der Waals surface area (Å²) in [6.07, 6.45) is 8.43. The average molecular weight is 326 g/mol. The highest BCUT2D eigenvalue weighted by atomic mass is 16.5. The first-order chi connectivity index (χ1) is 11.7. The highest BCUT2D eigenvalue weighted by Crippen LogP contribution is 2.26. The molecule has 1 saturated carbocycles. The minimum Gasteiger partial charge on any atom is -0.494 e. The highest BCUT2D eigenvalue weighted by Gasteiger charge is 2.17. The Labute approximate surface area is 144 Å². The second-order valence-electron chi connectivity index (χ2n) is 6.19. The molecule has 0 unspecified atom stereocenters. The lowest BCUT2D eigenvalue weighted by atomic mass is 9.91. The van der Waals surface area contributed by atoms with E-state index in [2.05, 4.69) is 18.3 Å². The fourth-order valence-corrected chi connectivity index (χ4v) is 2.89. The molecule has 1 fully saturated rings. The van der Waals surface area contributed by atoms with Crippen LogP contribution in [-0.2, 0) is 4.79 Å². The summed E-state index contributed by atoms with van der Waals surface area (Å²) in [6, 6.07) is 9.41. The molecular formula is C20H26N2O2. The van der Waals surface area contributed by atoms with Crippen molar-refractivity contribution in [1.82, 2.24) is 0 Å². The number of nitriles is 1. The number of allylic oxidation sites excluding steroid dienone is 1. The first kappa shape index (κ1) is 18.1. The van der Waals surface area contributed by atoms with Crippen molar-refractivity contribution in [2.24, 2.45) is 0 Å². The molecule has 0 atom stereocenters. The van der Waals surface area contributed by atoms with Gasteiger partial charge in [-0.3, -0.25) is 4.79 Å². The molecule has 24 heavy (non-hydrogen) atoms. The lowest BCUT2D eigenvalue weighted by molar-refractivity contribution is -0.112. The maximum atomic E-state index is 12.3. The number of nitrogens with one attached hydrogen (secondary N) is 1. The van der Waals surface area contributed by atoms with Crippen molar-refractivity contribution < 1.29 is 9.53 Å². The van der Waals surface area contributed by atoms with Crippen LogP contribution in [-0.4, -0.2) is 12.5 Å². The molecule has 1 aromatic rings. The van der Waals surface area contributed by atoms with Gasteiger partial charge in [0.15, 0.2) is 0 Å². The Bertz CT molecular complexity index is 604. The molecule has 1 aliphatic rings. The molecule has 0 saturated heterocycles. The van der Waals surface area contributed by atoms with Crippen LogP contribution in [0.3, 0.4) is 0 Å². The summed E-state index contributed by atoms with van der Waals surface area (Å²) in [5.74, 6) is 0.501. The number of hydrogen-bond donors (Lipinski definition) is 1. The predicted octanol–water partition coefficient (Wildman–Crippen LogP) is 4.98. The standard InChI is InChI=1S/C20H26N2O2/c1-2-3-7-14-24-18-12-10-17(11-13-18)22-20(23)19(15-21)16-8-5-4-6-9-16/h10-13H,2-9,14H2,1H3,(H,22,23). The lowest BCUT2D eigenvalue weighted by Crippen LogP contribution is -2.16. The molecule has 1 amide bonds. The molecular weight excluding hydrogens is 300 g/mol. The number of ether oxygens (including phenoxy) is 1. The van der Waals surface area contributed by atoms with Crippen LogP contribution in [0.15, 0.2) is 35.4 Å². The molecule has 1 aliphatic carbocycles.